The molecule has 2 fully saturated rings. The van der Waals surface area contributed by atoms with Crippen molar-refractivity contribution in [3.8, 4) is 0 Å². The summed E-state index contributed by atoms with van der Waals surface area (Å²) in [4.78, 5) is 48.7. The first-order valence-electron chi connectivity index (χ1n) is 15.6. The number of aliphatic hydroxyl groups is 2. The summed E-state index contributed by atoms with van der Waals surface area (Å²) in [5.41, 5.74) is 0.941. The summed E-state index contributed by atoms with van der Waals surface area (Å²) in [5.74, 6) is -3.11. The van der Waals surface area contributed by atoms with Crippen molar-refractivity contribution in [2.75, 3.05) is 37.1 Å². The number of aliphatic hydroxyl groups excluding tert-OH is 2. The van der Waals surface area contributed by atoms with E-state index in [1.165, 1.54) is 26.2 Å². The van der Waals surface area contributed by atoms with E-state index in [2.05, 4.69) is 16.0 Å². The van der Waals surface area contributed by atoms with Crippen molar-refractivity contribution in [1.82, 2.24) is 10.6 Å². The van der Waals surface area contributed by atoms with E-state index in [1.807, 2.05) is 19.1 Å². The number of anilines is 1. The molecule has 262 valence electrons. The van der Waals surface area contributed by atoms with Gasteiger partial charge in [-0.3, -0.25) is 9.59 Å². The number of epoxide rings is 1. The number of aryl methyl sites for hydroxylation is 1. The molecule has 0 radical (unpaired) electrons. The van der Waals surface area contributed by atoms with Gasteiger partial charge in [-0.1, -0.05) is 17.7 Å². The smallest absolute Gasteiger partial charge is 0.366 e. The third-order valence-electron chi connectivity index (χ3n) is 7.96. The van der Waals surface area contributed by atoms with Crippen molar-refractivity contribution in [2.24, 2.45) is 0 Å². The monoisotopic (exact) mass is 689 g/mol. The maximum atomic E-state index is 13.0. The zero-order valence-electron chi connectivity index (χ0n) is 27.1. The average Bonchev–Trinajstić information content (AvgIpc) is 3.75. The van der Waals surface area contributed by atoms with E-state index in [9.17, 15) is 29.4 Å². The van der Waals surface area contributed by atoms with Crippen molar-refractivity contribution < 1.29 is 53.4 Å². The van der Waals surface area contributed by atoms with Crippen molar-refractivity contribution in [1.29, 1.82) is 0 Å². The zero-order chi connectivity index (χ0) is 34.9. The molecule has 2 aliphatic rings. The van der Waals surface area contributed by atoms with Gasteiger partial charge in [0.15, 0.2) is 5.72 Å². The Morgan fingerprint density at radius 2 is 1.71 bits per heavy atom. The van der Waals surface area contributed by atoms with Gasteiger partial charge in [0.2, 0.25) is 5.91 Å². The van der Waals surface area contributed by atoms with Crippen LogP contribution in [-0.2, 0) is 28.5 Å². The number of hydrogen-bond acceptors (Lipinski definition) is 12. The number of amides is 2. The van der Waals surface area contributed by atoms with Crippen LogP contribution in [0.15, 0.2) is 48.5 Å². The van der Waals surface area contributed by atoms with Gasteiger partial charge in [-0.05, 0) is 61.2 Å². The summed E-state index contributed by atoms with van der Waals surface area (Å²) in [6, 6.07) is 13.1. The van der Waals surface area contributed by atoms with Crippen LogP contribution in [-0.4, -0.2) is 107 Å². The van der Waals surface area contributed by atoms with Gasteiger partial charge in [0, 0.05) is 44.0 Å². The number of thioether (sulfide) groups is 1. The summed E-state index contributed by atoms with van der Waals surface area (Å²) in [7, 11) is 1.21. The van der Waals surface area contributed by atoms with E-state index in [1.54, 1.807) is 36.0 Å². The number of benzene rings is 2. The molecule has 0 bridgehead atoms. The number of ether oxygens (including phenoxy) is 4. The summed E-state index contributed by atoms with van der Waals surface area (Å²) in [5, 5.41) is 38.5. The average molecular weight is 690 g/mol. The number of carboxylic acids is 1. The van der Waals surface area contributed by atoms with E-state index < -0.39 is 48.0 Å². The quantitative estimate of drug-likeness (QED) is 0.0575. The molecule has 2 saturated heterocycles. The van der Waals surface area contributed by atoms with Crippen molar-refractivity contribution in [2.45, 2.75) is 75.6 Å². The van der Waals surface area contributed by atoms with Gasteiger partial charge in [-0.2, -0.15) is 11.8 Å². The summed E-state index contributed by atoms with van der Waals surface area (Å²) >= 11 is 1.57. The molecule has 0 spiro atoms. The highest BCUT2D eigenvalue weighted by Gasteiger charge is 2.72. The minimum absolute atomic E-state index is 0.0465. The van der Waals surface area contributed by atoms with Gasteiger partial charge < -0.3 is 50.2 Å². The number of methoxy groups -OCH3 is 1. The van der Waals surface area contributed by atoms with Crippen LogP contribution in [0.1, 0.15) is 58.9 Å². The number of fused-ring (bicyclic) bond motifs is 1. The predicted molar refractivity (Wildman–Crippen MR) is 175 cm³/mol. The second-order valence-corrected chi connectivity index (χ2v) is 13.0. The topological polar surface area (TPSA) is 205 Å². The molecule has 6 atom stereocenters. The lowest BCUT2D eigenvalue weighted by molar-refractivity contribution is -0.283. The largest absolute Gasteiger partial charge is 0.478 e. The first-order chi connectivity index (χ1) is 22.9. The molecule has 4 rings (SSSR count). The first-order valence-corrected chi connectivity index (χ1v) is 16.8. The number of carbonyl (C=O) groups excluding carboxylic acids is 3. The fourth-order valence-corrected chi connectivity index (χ4v) is 6.35. The molecule has 0 saturated carbocycles. The van der Waals surface area contributed by atoms with Crippen LogP contribution in [0, 0.1) is 6.92 Å². The summed E-state index contributed by atoms with van der Waals surface area (Å²) in [6.45, 7) is 3.25. The normalized spacial score (nSPS) is 24.0. The van der Waals surface area contributed by atoms with Crippen molar-refractivity contribution in [3.63, 3.8) is 0 Å². The van der Waals surface area contributed by atoms with E-state index in [0.29, 0.717) is 35.6 Å². The number of rotatable bonds is 18. The van der Waals surface area contributed by atoms with Gasteiger partial charge in [0.05, 0.1) is 25.4 Å². The van der Waals surface area contributed by atoms with Crippen LogP contribution in [0.5, 0.6) is 0 Å². The molecule has 2 aromatic rings. The third-order valence-corrected chi connectivity index (χ3v) is 9.06. The molecule has 6 N–H and O–H groups in total. The Morgan fingerprint density at radius 3 is 2.35 bits per heavy atom. The highest BCUT2D eigenvalue weighted by atomic mass is 32.2. The van der Waals surface area contributed by atoms with Gasteiger partial charge in [0.1, 0.15) is 18.4 Å². The Bertz CT molecular complexity index is 1430. The molecule has 6 unspecified atom stereocenters. The third kappa shape index (κ3) is 9.67. The Labute approximate surface area is 282 Å². The molecule has 0 aliphatic carbocycles. The zero-order valence-corrected chi connectivity index (χ0v) is 27.9. The molecular formula is C33H43N3O11S. The van der Waals surface area contributed by atoms with Gasteiger partial charge in [-0.25, -0.2) is 9.59 Å². The molecule has 0 aromatic heterocycles. The molecule has 48 heavy (non-hydrogen) atoms. The van der Waals surface area contributed by atoms with Crippen LogP contribution >= 0.6 is 11.8 Å². The summed E-state index contributed by atoms with van der Waals surface area (Å²) < 4.78 is 23.1. The van der Waals surface area contributed by atoms with Gasteiger partial charge in [0.25, 0.3) is 11.7 Å². The number of hydrogen-bond donors (Lipinski definition) is 6. The van der Waals surface area contributed by atoms with E-state index >= 15 is 0 Å². The Balaban J connectivity index is 1.27. The molecular weight excluding hydrogens is 646 g/mol. The lowest BCUT2D eigenvalue weighted by Gasteiger charge is -2.40. The highest BCUT2D eigenvalue weighted by Crippen LogP contribution is 2.51. The van der Waals surface area contributed by atoms with E-state index in [0.717, 1.165) is 5.56 Å². The maximum absolute atomic E-state index is 13.0. The van der Waals surface area contributed by atoms with Crippen LogP contribution in [0.3, 0.4) is 0 Å². The lowest BCUT2D eigenvalue weighted by atomic mass is 9.92. The van der Waals surface area contributed by atoms with Gasteiger partial charge in [-0.15, -0.1) is 0 Å². The number of carboxylic acid groups (broad SMARTS) is 1. The maximum Gasteiger partial charge on any atom is 0.366 e. The second kappa shape index (κ2) is 16.6. The minimum Gasteiger partial charge on any atom is -0.478 e. The molecule has 15 heteroatoms. The molecule has 2 amide bonds. The van der Waals surface area contributed by atoms with Gasteiger partial charge >= 0.3 is 11.9 Å². The molecule has 2 aromatic carbocycles. The molecule has 14 nitrogen and oxygen atoms in total. The lowest BCUT2D eigenvalue weighted by Crippen LogP contribution is -2.61. The Morgan fingerprint density at radius 1 is 1.02 bits per heavy atom. The van der Waals surface area contributed by atoms with Crippen LogP contribution in [0.2, 0.25) is 0 Å². The Hall–Kier alpha value is -3.73. The van der Waals surface area contributed by atoms with Crippen molar-refractivity contribution >= 4 is 41.2 Å². The summed E-state index contributed by atoms with van der Waals surface area (Å²) in [6.07, 6.45) is -2.76. The van der Waals surface area contributed by atoms with Crippen LogP contribution < -0.4 is 16.0 Å². The number of aromatic carboxylic acids is 1. The second-order valence-electron chi connectivity index (χ2n) is 11.7. The molecule has 2 aliphatic heterocycles. The number of carbonyl (C=O) groups is 4. The SMILES string of the molecule is COC(=O)C1(OCCCSCCC(O)Nc2ccc(C(=O)O)cc2)CC2OC2(NC(C)=O)C(CC(O)CNC(=O)c2ccc(C)cc2)O1. The predicted octanol–water partition coefficient (Wildman–Crippen LogP) is 2.02. The Kier molecular flexibility index (Phi) is 12.8. The van der Waals surface area contributed by atoms with E-state index in [4.69, 9.17) is 24.1 Å². The molecule has 2 heterocycles. The van der Waals surface area contributed by atoms with Crippen LogP contribution in [0.25, 0.3) is 0 Å². The van der Waals surface area contributed by atoms with E-state index in [-0.39, 0.29) is 43.4 Å². The first kappa shape index (κ1) is 37.1. The van der Waals surface area contributed by atoms with Crippen molar-refractivity contribution in [3.05, 3.63) is 65.2 Å². The fourth-order valence-electron chi connectivity index (χ4n) is 5.43. The number of nitrogens with one attached hydrogen (secondary N) is 3. The fraction of sp³-hybridized carbons (Fsp3) is 0.515. The standard InChI is InChI=1S/C33H43N3O11S/c1-20-5-7-22(8-6-20)29(40)34-19-25(38)17-26-33(36-21(2)37)27(47-33)18-32(46-26,31(43)44-3)45-14-4-15-48-16-13-28(39)35-24-11-9-23(10-12-24)30(41)42/h5-12,25-28,35,38-39H,4,13-19H2,1-3H3,(H,34,40)(H,36,37)(H,41,42). The minimum atomic E-state index is -1.84. The highest BCUT2D eigenvalue weighted by molar-refractivity contribution is 7.99. The van der Waals surface area contributed by atoms with Crippen LogP contribution in [0.4, 0.5) is 5.69 Å². The number of esters is 1.